The Labute approximate surface area is 217 Å². The summed E-state index contributed by atoms with van der Waals surface area (Å²) in [5.41, 5.74) is 4.25. The van der Waals surface area contributed by atoms with Gasteiger partial charge in [-0.05, 0) is 70.7 Å². The van der Waals surface area contributed by atoms with Crippen molar-refractivity contribution in [3.63, 3.8) is 0 Å². The van der Waals surface area contributed by atoms with E-state index in [1.165, 1.54) is 0 Å². The number of carbonyl (C=O) groups is 1. The molecule has 0 radical (unpaired) electrons. The smallest absolute Gasteiger partial charge is 0.326 e. The van der Waals surface area contributed by atoms with Crippen LogP contribution in [0.15, 0.2) is 35.3 Å². The minimum atomic E-state index is -0.900. The van der Waals surface area contributed by atoms with Crippen molar-refractivity contribution < 1.29 is 19.4 Å². The number of aryl methyl sites for hydroxylation is 2. The molecule has 1 aliphatic rings. The normalized spacial score (nSPS) is 17.8. The topological polar surface area (TPSA) is 108 Å². The van der Waals surface area contributed by atoms with Gasteiger partial charge in [0.25, 0.3) is 5.56 Å². The van der Waals surface area contributed by atoms with E-state index in [0.29, 0.717) is 18.7 Å². The van der Waals surface area contributed by atoms with Crippen molar-refractivity contribution in [1.82, 2.24) is 19.4 Å². The summed E-state index contributed by atoms with van der Waals surface area (Å²) in [5, 5.41) is 13.3. The van der Waals surface area contributed by atoms with Gasteiger partial charge in [-0.25, -0.2) is 4.98 Å². The number of aromatic nitrogens is 3. The summed E-state index contributed by atoms with van der Waals surface area (Å²) in [5.74, 6) is 0.313. The second-order valence-corrected chi connectivity index (χ2v) is 10.3. The lowest BCUT2D eigenvalue weighted by Crippen LogP contribution is -2.46. The van der Waals surface area contributed by atoms with Gasteiger partial charge < -0.3 is 23.7 Å². The van der Waals surface area contributed by atoms with E-state index in [1.54, 1.807) is 32.4 Å². The Balaban J connectivity index is 1.69. The molecule has 1 saturated heterocycles. The molecule has 2 aromatic heterocycles. The summed E-state index contributed by atoms with van der Waals surface area (Å²) >= 11 is 0. The van der Waals surface area contributed by atoms with Crippen LogP contribution in [0.1, 0.15) is 51.2 Å². The number of hydrogen-bond donors (Lipinski definition) is 2. The number of aliphatic hydroxyl groups is 1. The van der Waals surface area contributed by atoms with Crippen LogP contribution < -0.4 is 10.9 Å². The van der Waals surface area contributed by atoms with Crippen molar-refractivity contribution in [2.75, 3.05) is 6.61 Å². The van der Waals surface area contributed by atoms with Gasteiger partial charge in [-0.15, -0.1) is 0 Å². The first-order valence-corrected chi connectivity index (χ1v) is 13.0. The number of ether oxygens (including phenoxy) is 2. The number of benzene rings is 1. The predicted octanol–water partition coefficient (Wildman–Crippen LogP) is 3.07. The zero-order valence-electron chi connectivity index (χ0n) is 22.4. The first-order valence-electron chi connectivity index (χ1n) is 13.0. The lowest BCUT2D eigenvalue weighted by molar-refractivity contribution is -0.152. The lowest BCUT2D eigenvalue weighted by Gasteiger charge is -2.24. The van der Waals surface area contributed by atoms with Gasteiger partial charge in [0.05, 0.1) is 35.9 Å². The van der Waals surface area contributed by atoms with Gasteiger partial charge in [-0.1, -0.05) is 6.07 Å². The van der Waals surface area contributed by atoms with Crippen LogP contribution in [0.25, 0.3) is 22.4 Å². The monoisotopic (exact) mass is 510 g/mol. The number of aliphatic hydroxyl groups excluding tert-OH is 1. The fourth-order valence-electron chi connectivity index (χ4n) is 4.82. The van der Waals surface area contributed by atoms with Crippen LogP contribution in [0.2, 0.25) is 0 Å². The highest BCUT2D eigenvalue weighted by Gasteiger charge is 2.26. The molecule has 1 fully saturated rings. The van der Waals surface area contributed by atoms with Crippen LogP contribution in [-0.4, -0.2) is 56.2 Å². The molecule has 0 aliphatic carbocycles. The third-order valence-electron chi connectivity index (χ3n) is 6.71. The minimum absolute atomic E-state index is 0.0287. The van der Waals surface area contributed by atoms with Crippen molar-refractivity contribution in [3.8, 4) is 11.4 Å². The molecule has 0 bridgehead atoms. The standard InChI is InChI=1S/C28H38N4O5/c1-17(2)37-28(35)25(19(4)33)29-14-20-9-10-23-24(13-20)32(16-22-8-6-7-11-36-22)26(30-23)21-12-18(3)27(34)31(5)15-21/h9-10,12-13,15,17,19,22,25,29,33H,6-8,11,14,16H2,1-5H3. The van der Waals surface area contributed by atoms with Gasteiger partial charge in [0, 0.05) is 37.5 Å². The minimum Gasteiger partial charge on any atom is -0.462 e. The number of pyridine rings is 1. The molecule has 9 heteroatoms. The number of fused-ring (bicyclic) bond motifs is 1. The summed E-state index contributed by atoms with van der Waals surface area (Å²) in [6, 6.07) is 7.04. The Morgan fingerprint density at radius 2 is 2.05 bits per heavy atom. The SMILES string of the molecule is Cc1cc(-c2nc3ccc(CNC(C(=O)OC(C)C)C(C)O)cc3n2CC2CCCCO2)cn(C)c1=O. The van der Waals surface area contributed by atoms with Gasteiger partial charge in [0.1, 0.15) is 11.9 Å². The summed E-state index contributed by atoms with van der Waals surface area (Å²) in [4.78, 5) is 29.7. The van der Waals surface area contributed by atoms with E-state index in [2.05, 4.69) is 16.0 Å². The van der Waals surface area contributed by atoms with Gasteiger partial charge in [0.2, 0.25) is 0 Å². The van der Waals surface area contributed by atoms with Crippen LogP contribution in [0.4, 0.5) is 0 Å². The summed E-state index contributed by atoms with van der Waals surface area (Å²) in [7, 11) is 1.75. The van der Waals surface area contributed by atoms with Crippen molar-refractivity contribution in [2.45, 2.75) is 84.4 Å². The number of rotatable bonds is 9. The highest BCUT2D eigenvalue weighted by molar-refractivity contribution is 5.81. The zero-order chi connectivity index (χ0) is 26.7. The molecule has 200 valence electrons. The fraction of sp³-hybridized carbons (Fsp3) is 0.536. The number of esters is 1. The van der Waals surface area contributed by atoms with Crippen molar-refractivity contribution in [1.29, 1.82) is 0 Å². The molecule has 3 unspecified atom stereocenters. The first kappa shape index (κ1) is 27.0. The summed E-state index contributed by atoms with van der Waals surface area (Å²) in [6.07, 6.45) is 3.95. The molecule has 2 N–H and O–H groups in total. The molecule has 0 amide bonds. The van der Waals surface area contributed by atoms with Crippen molar-refractivity contribution >= 4 is 17.0 Å². The van der Waals surface area contributed by atoms with Crippen LogP contribution in [-0.2, 0) is 34.4 Å². The molecule has 1 aliphatic heterocycles. The van der Waals surface area contributed by atoms with E-state index >= 15 is 0 Å². The summed E-state index contributed by atoms with van der Waals surface area (Å²) in [6.45, 7) is 8.74. The number of imidazole rings is 1. The maximum Gasteiger partial charge on any atom is 0.326 e. The molecule has 37 heavy (non-hydrogen) atoms. The van der Waals surface area contributed by atoms with Crippen LogP contribution >= 0.6 is 0 Å². The van der Waals surface area contributed by atoms with Crippen LogP contribution in [0.3, 0.4) is 0 Å². The average molecular weight is 511 g/mol. The van der Waals surface area contributed by atoms with E-state index in [-0.39, 0.29) is 17.8 Å². The number of hydrogen-bond acceptors (Lipinski definition) is 7. The van der Waals surface area contributed by atoms with Gasteiger partial charge in [-0.2, -0.15) is 0 Å². The number of nitrogens with one attached hydrogen (secondary N) is 1. The molecule has 3 heterocycles. The van der Waals surface area contributed by atoms with E-state index in [9.17, 15) is 14.7 Å². The maximum absolute atomic E-state index is 12.4. The Morgan fingerprint density at radius 3 is 2.70 bits per heavy atom. The zero-order valence-corrected chi connectivity index (χ0v) is 22.4. The third kappa shape index (κ3) is 6.29. The predicted molar refractivity (Wildman–Crippen MR) is 142 cm³/mol. The quantitative estimate of drug-likeness (QED) is 0.426. The molecule has 0 spiro atoms. The van der Waals surface area contributed by atoms with Crippen LogP contribution in [0, 0.1) is 6.92 Å². The van der Waals surface area contributed by atoms with E-state index < -0.39 is 18.1 Å². The highest BCUT2D eigenvalue weighted by Crippen LogP contribution is 2.28. The average Bonchev–Trinajstić information content (AvgIpc) is 3.20. The Bertz CT molecular complexity index is 1280. The Kier molecular flexibility index (Phi) is 8.46. The Hall–Kier alpha value is -3.01. The molecule has 3 aromatic rings. The highest BCUT2D eigenvalue weighted by atomic mass is 16.5. The molecule has 3 atom stereocenters. The molecular formula is C28H38N4O5. The molecule has 9 nitrogen and oxygen atoms in total. The van der Waals surface area contributed by atoms with Gasteiger partial charge >= 0.3 is 5.97 Å². The Morgan fingerprint density at radius 1 is 1.27 bits per heavy atom. The van der Waals surface area contributed by atoms with Gasteiger partial charge in [0.15, 0.2) is 0 Å². The van der Waals surface area contributed by atoms with Crippen LogP contribution in [0.5, 0.6) is 0 Å². The fourth-order valence-corrected chi connectivity index (χ4v) is 4.82. The van der Waals surface area contributed by atoms with E-state index in [4.69, 9.17) is 14.5 Å². The van der Waals surface area contributed by atoms with Crippen molar-refractivity contribution in [3.05, 3.63) is 51.9 Å². The largest absolute Gasteiger partial charge is 0.462 e. The third-order valence-corrected chi connectivity index (χ3v) is 6.71. The second-order valence-electron chi connectivity index (χ2n) is 10.3. The first-order chi connectivity index (χ1) is 17.6. The molecule has 1 aromatic carbocycles. The number of nitrogens with zero attached hydrogens (tertiary/aromatic N) is 3. The van der Waals surface area contributed by atoms with Crippen molar-refractivity contribution in [2.24, 2.45) is 7.05 Å². The van der Waals surface area contributed by atoms with E-state index in [0.717, 1.165) is 53.9 Å². The maximum atomic E-state index is 12.4. The molecule has 4 rings (SSSR count). The summed E-state index contributed by atoms with van der Waals surface area (Å²) < 4.78 is 15.1. The molecule has 0 saturated carbocycles. The number of carbonyl (C=O) groups excluding carboxylic acids is 1. The lowest BCUT2D eigenvalue weighted by atomic mass is 10.1. The van der Waals surface area contributed by atoms with E-state index in [1.807, 2.05) is 31.3 Å². The van der Waals surface area contributed by atoms with Gasteiger partial charge in [-0.3, -0.25) is 14.9 Å². The molecular weight excluding hydrogens is 472 g/mol. The second kappa shape index (κ2) is 11.6.